The van der Waals surface area contributed by atoms with Gasteiger partial charge in [0.05, 0.1) is 0 Å². The van der Waals surface area contributed by atoms with Crippen LogP contribution in [0.4, 0.5) is 0 Å². The van der Waals surface area contributed by atoms with Crippen molar-refractivity contribution in [3.8, 4) is 0 Å². The molecule has 0 radical (unpaired) electrons. The smallest absolute Gasteiger partial charge is 0.267 e. The van der Waals surface area contributed by atoms with Gasteiger partial charge in [-0.1, -0.05) is 62.7 Å². The van der Waals surface area contributed by atoms with Crippen LogP contribution in [0.5, 0.6) is 0 Å². The van der Waals surface area contributed by atoms with Crippen LogP contribution in [0, 0.1) is 0 Å². The van der Waals surface area contributed by atoms with Crippen molar-refractivity contribution in [2.45, 2.75) is 45.1 Å². The lowest BCUT2D eigenvalue weighted by Crippen LogP contribution is -2.23. The van der Waals surface area contributed by atoms with Gasteiger partial charge in [0.15, 0.2) is 0 Å². The lowest BCUT2D eigenvalue weighted by atomic mass is 9.86. The summed E-state index contributed by atoms with van der Waals surface area (Å²) < 4.78 is 0. The molecule has 1 aromatic carbocycles. The summed E-state index contributed by atoms with van der Waals surface area (Å²) in [6.45, 7) is 6.51. The number of H-pyrrole nitrogens is 1. The van der Waals surface area contributed by atoms with Crippen molar-refractivity contribution in [3.05, 3.63) is 74.7 Å². The Morgan fingerprint density at radius 3 is 2.35 bits per heavy atom. The van der Waals surface area contributed by atoms with E-state index in [2.05, 4.69) is 55.3 Å². The number of benzene rings is 1. The molecule has 2 N–H and O–H groups in total. The summed E-state index contributed by atoms with van der Waals surface area (Å²) in [7, 11) is 0. The van der Waals surface area contributed by atoms with Crippen molar-refractivity contribution >= 4 is 23.1 Å². The standard InChI is InChI=1S/C21H23ClN2O2/c1-21(2,3)14-6-4-13(5-7-14)16(12-15-8-11-19(25)23-15)18-10-9-17(22)20(26)24-18/h4-7,9-10,12,15H,8,11H2,1-3H3,(H,23,25)(H,24,26)/b16-12-/t15-/m1/s1. The highest BCUT2D eigenvalue weighted by Gasteiger charge is 2.21. The molecule has 2 heterocycles. The molecule has 26 heavy (non-hydrogen) atoms. The van der Waals surface area contributed by atoms with Gasteiger partial charge in [-0.3, -0.25) is 9.59 Å². The molecule has 0 saturated carbocycles. The van der Waals surface area contributed by atoms with Gasteiger partial charge in [-0.15, -0.1) is 0 Å². The molecule has 1 aliphatic rings. The first-order valence-corrected chi connectivity index (χ1v) is 9.13. The molecule has 4 nitrogen and oxygen atoms in total. The molecule has 3 rings (SSSR count). The molecule has 0 spiro atoms. The second kappa shape index (κ2) is 7.12. The first kappa shape index (κ1) is 18.5. The Balaban J connectivity index is 2.05. The van der Waals surface area contributed by atoms with Gasteiger partial charge < -0.3 is 10.3 Å². The number of halogens is 1. The molecule has 1 aliphatic heterocycles. The third-order valence-electron chi connectivity index (χ3n) is 4.61. The van der Waals surface area contributed by atoms with Gasteiger partial charge in [0.2, 0.25) is 5.91 Å². The Morgan fingerprint density at radius 1 is 1.12 bits per heavy atom. The third-order valence-corrected chi connectivity index (χ3v) is 4.91. The van der Waals surface area contributed by atoms with Crippen LogP contribution in [0.1, 0.15) is 50.4 Å². The van der Waals surface area contributed by atoms with Crippen LogP contribution in [0.25, 0.3) is 5.57 Å². The highest BCUT2D eigenvalue weighted by atomic mass is 35.5. The molecule has 2 aromatic rings. The average molecular weight is 371 g/mol. The zero-order valence-electron chi connectivity index (χ0n) is 15.2. The van der Waals surface area contributed by atoms with E-state index in [1.54, 1.807) is 12.1 Å². The lowest BCUT2D eigenvalue weighted by molar-refractivity contribution is -0.119. The second-order valence-electron chi connectivity index (χ2n) is 7.67. The molecule has 5 heteroatoms. The van der Waals surface area contributed by atoms with E-state index in [9.17, 15) is 9.59 Å². The Hall–Kier alpha value is -2.33. The van der Waals surface area contributed by atoms with Crippen molar-refractivity contribution in [1.29, 1.82) is 0 Å². The van der Waals surface area contributed by atoms with E-state index in [-0.39, 0.29) is 27.9 Å². The molecule has 0 aliphatic carbocycles. The van der Waals surface area contributed by atoms with Gasteiger partial charge in [-0.2, -0.15) is 0 Å². The fourth-order valence-corrected chi connectivity index (χ4v) is 3.18. The van der Waals surface area contributed by atoms with Gasteiger partial charge in [-0.05, 0) is 35.1 Å². The Morgan fingerprint density at radius 2 is 1.81 bits per heavy atom. The summed E-state index contributed by atoms with van der Waals surface area (Å²) in [6.07, 6.45) is 3.28. The minimum atomic E-state index is -0.322. The first-order chi connectivity index (χ1) is 12.2. The summed E-state index contributed by atoms with van der Waals surface area (Å²) >= 11 is 5.87. The summed E-state index contributed by atoms with van der Waals surface area (Å²) in [4.78, 5) is 26.3. The number of hydrogen-bond acceptors (Lipinski definition) is 2. The van der Waals surface area contributed by atoms with E-state index < -0.39 is 0 Å². The Kier molecular flexibility index (Phi) is 5.05. The van der Waals surface area contributed by atoms with Crippen LogP contribution in [-0.2, 0) is 10.2 Å². The molecular weight excluding hydrogens is 348 g/mol. The molecule has 0 unspecified atom stereocenters. The van der Waals surface area contributed by atoms with Gasteiger partial charge in [0.1, 0.15) is 5.02 Å². The minimum absolute atomic E-state index is 0.0426. The number of carbonyl (C=O) groups is 1. The van der Waals surface area contributed by atoms with E-state index in [0.717, 1.165) is 17.6 Å². The molecule has 0 bridgehead atoms. The van der Waals surface area contributed by atoms with Crippen LogP contribution in [0.15, 0.2) is 47.3 Å². The van der Waals surface area contributed by atoms with Crippen molar-refractivity contribution < 1.29 is 4.79 Å². The maximum Gasteiger partial charge on any atom is 0.267 e. The highest BCUT2D eigenvalue weighted by Crippen LogP contribution is 2.28. The van der Waals surface area contributed by atoms with Crippen molar-refractivity contribution in [2.75, 3.05) is 0 Å². The summed E-state index contributed by atoms with van der Waals surface area (Å²) in [5, 5.41) is 3.11. The van der Waals surface area contributed by atoms with Gasteiger partial charge in [0.25, 0.3) is 5.56 Å². The quantitative estimate of drug-likeness (QED) is 0.856. The topological polar surface area (TPSA) is 62.0 Å². The predicted molar refractivity (Wildman–Crippen MR) is 105 cm³/mol. The summed E-state index contributed by atoms with van der Waals surface area (Å²) in [5.41, 5.74) is 3.53. The molecule has 136 valence electrons. The SMILES string of the molecule is CC(C)(C)c1ccc(/C(=C/[C@H]2CCC(=O)N2)c2ccc(Cl)c(=O)[nH]2)cc1. The van der Waals surface area contributed by atoms with Crippen molar-refractivity contribution in [2.24, 2.45) is 0 Å². The molecule has 1 atom stereocenters. The largest absolute Gasteiger partial charge is 0.350 e. The van der Waals surface area contributed by atoms with Gasteiger partial charge >= 0.3 is 0 Å². The fraction of sp³-hybridized carbons (Fsp3) is 0.333. The van der Waals surface area contributed by atoms with E-state index in [0.29, 0.717) is 12.1 Å². The predicted octanol–water partition coefficient (Wildman–Crippen LogP) is 4.04. The van der Waals surface area contributed by atoms with E-state index in [4.69, 9.17) is 11.6 Å². The van der Waals surface area contributed by atoms with E-state index >= 15 is 0 Å². The van der Waals surface area contributed by atoms with Crippen LogP contribution in [-0.4, -0.2) is 16.9 Å². The number of aromatic amines is 1. The Bertz CT molecular complexity index is 905. The second-order valence-corrected chi connectivity index (χ2v) is 8.08. The number of hydrogen-bond donors (Lipinski definition) is 2. The molecule has 1 fully saturated rings. The number of carbonyl (C=O) groups excluding carboxylic acids is 1. The number of amides is 1. The fourth-order valence-electron chi connectivity index (χ4n) is 3.07. The highest BCUT2D eigenvalue weighted by molar-refractivity contribution is 6.30. The van der Waals surface area contributed by atoms with E-state index in [1.165, 1.54) is 5.56 Å². The molecular formula is C21H23ClN2O2. The first-order valence-electron chi connectivity index (χ1n) is 8.75. The van der Waals surface area contributed by atoms with Crippen molar-refractivity contribution in [1.82, 2.24) is 10.3 Å². The van der Waals surface area contributed by atoms with Crippen LogP contribution in [0.2, 0.25) is 5.02 Å². The number of aromatic nitrogens is 1. The van der Waals surface area contributed by atoms with Crippen molar-refractivity contribution in [3.63, 3.8) is 0 Å². The maximum absolute atomic E-state index is 12.0. The molecule has 1 saturated heterocycles. The molecule has 1 amide bonds. The van der Waals surface area contributed by atoms with Gasteiger partial charge in [0, 0.05) is 23.7 Å². The minimum Gasteiger partial charge on any atom is -0.350 e. The number of pyridine rings is 1. The zero-order chi connectivity index (χ0) is 18.9. The number of nitrogens with one attached hydrogen (secondary N) is 2. The van der Waals surface area contributed by atoms with E-state index in [1.807, 2.05) is 6.08 Å². The third kappa shape index (κ3) is 4.07. The molecule has 1 aromatic heterocycles. The van der Waals surface area contributed by atoms with Crippen LogP contribution < -0.4 is 10.9 Å². The summed E-state index contributed by atoms with van der Waals surface area (Å²) in [6, 6.07) is 11.7. The van der Waals surface area contributed by atoms with Gasteiger partial charge in [-0.25, -0.2) is 0 Å². The number of rotatable bonds is 3. The zero-order valence-corrected chi connectivity index (χ0v) is 16.0. The van der Waals surface area contributed by atoms with Crippen LogP contribution in [0.3, 0.4) is 0 Å². The maximum atomic E-state index is 12.0. The average Bonchev–Trinajstić information content (AvgIpc) is 3.00. The monoisotopic (exact) mass is 370 g/mol. The normalized spacial score (nSPS) is 18.1. The lowest BCUT2D eigenvalue weighted by Gasteiger charge is -2.20. The van der Waals surface area contributed by atoms with Crippen LogP contribution >= 0.6 is 11.6 Å². The Labute approximate surface area is 158 Å². The summed E-state index contributed by atoms with van der Waals surface area (Å²) in [5.74, 6) is 0.0540.